The SMILES string of the molecule is CC1(C)c2cc(-c3ccccc3)ccc2-c2cccc(I)c21. The summed E-state index contributed by atoms with van der Waals surface area (Å²) < 4.78 is 1.36. The number of hydrogen-bond donors (Lipinski definition) is 0. The molecule has 0 spiro atoms. The minimum atomic E-state index is 0.0627. The maximum Gasteiger partial charge on any atom is 0.0177 e. The zero-order chi connectivity index (χ0) is 15.3. The number of rotatable bonds is 1. The molecule has 1 heteroatoms. The van der Waals surface area contributed by atoms with E-state index in [0.29, 0.717) is 0 Å². The van der Waals surface area contributed by atoms with Crippen molar-refractivity contribution in [2.24, 2.45) is 0 Å². The Kier molecular flexibility index (Phi) is 3.15. The van der Waals surface area contributed by atoms with Gasteiger partial charge in [-0.05, 0) is 68.1 Å². The summed E-state index contributed by atoms with van der Waals surface area (Å²) in [5, 5.41) is 0. The third-order valence-electron chi connectivity index (χ3n) is 4.73. The molecule has 0 atom stereocenters. The molecule has 0 saturated carbocycles. The second kappa shape index (κ2) is 4.95. The lowest BCUT2D eigenvalue weighted by Crippen LogP contribution is -2.16. The Bertz CT molecular complexity index is 860. The summed E-state index contributed by atoms with van der Waals surface area (Å²) in [5.74, 6) is 0. The fraction of sp³-hybridized carbons (Fsp3) is 0.143. The first-order chi connectivity index (χ1) is 10.6. The highest BCUT2D eigenvalue weighted by atomic mass is 127. The molecular formula is C21H17I. The maximum atomic E-state index is 2.47. The minimum absolute atomic E-state index is 0.0627. The summed E-state index contributed by atoms with van der Waals surface area (Å²) in [6.45, 7) is 4.68. The first kappa shape index (κ1) is 14.0. The summed E-state index contributed by atoms with van der Waals surface area (Å²) >= 11 is 2.47. The van der Waals surface area contributed by atoms with E-state index in [4.69, 9.17) is 0 Å². The molecule has 0 nitrogen and oxygen atoms in total. The lowest BCUT2D eigenvalue weighted by Gasteiger charge is -2.23. The topological polar surface area (TPSA) is 0 Å². The second-order valence-corrected chi connectivity index (χ2v) is 7.58. The Morgan fingerprint density at radius 2 is 1.50 bits per heavy atom. The van der Waals surface area contributed by atoms with Crippen LogP contribution < -0.4 is 0 Å². The predicted octanol–water partition coefficient (Wildman–Crippen LogP) is 6.26. The van der Waals surface area contributed by atoms with Gasteiger partial charge in [-0.3, -0.25) is 0 Å². The molecule has 0 fully saturated rings. The Balaban J connectivity index is 1.96. The van der Waals surface area contributed by atoms with Gasteiger partial charge in [-0.1, -0.05) is 68.4 Å². The van der Waals surface area contributed by atoms with Crippen LogP contribution in [0.3, 0.4) is 0 Å². The van der Waals surface area contributed by atoms with Gasteiger partial charge in [-0.2, -0.15) is 0 Å². The molecule has 3 aromatic carbocycles. The maximum absolute atomic E-state index is 2.47. The van der Waals surface area contributed by atoms with E-state index < -0.39 is 0 Å². The van der Waals surface area contributed by atoms with Crippen molar-refractivity contribution in [2.75, 3.05) is 0 Å². The molecular weight excluding hydrogens is 379 g/mol. The van der Waals surface area contributed by atoms with Gasteiger partial charge >= 0.3 is 0 Å². The van der Waals surface area contributed by atoms with Gasteiger partial charge in [0.25, 0.3) is 0 Å². The number of hydrogen-bond acceptors (Lipinski definition) is 0. The Hall–Kier alpha value is -1.61. The van der Waals surface area contributed by atoms with Crippen LogP contribution in [0.4, 0.5) is 0 Å². The molecule has 0 unspecified atom stereocenters. The van der Waals surface area contributed by atoms with Crippen LogP contribution in [0.5, 0.6) is 0 Å². The molecule has 1 aliphatic rings. The summed E-state index contributed by atoms with van der Waals surface area (Å²) in [6, 6.07) is 24.2. The smallest absolute Gasteiger partial charge is 0.0177 e. The van der Waals surface area contributed by atoms with Crippen molar-refractivity contribution < 1.29 is 0 Å². The van der Waals surface area contributed by atoms with Crippen molar-refractivity contribution in [3.8, 4) is 22.3 Å². The monoisotopic (exact) mass is 396 g/mol. The molecule has 0 aliphatic heterocycles. The van der Waals surface area contributed by atoms with Gasteiger partial charge in [0.2, 0.25) is 0 Å². The third-order valence-corrected chi connectivity index (χ3v) is 5.63. The highest BCUT2D eigenvalue weighted by Gasteiger charge is 2.36. The van der Waals surface area contributed by atoms with Gasteiger partial charge in [0.15, 0.2) is 0 Å². The average molecular weight is 396 g/mol. The number of halogens is 1. The average Bonchev–Trinajstić information content (AvgIpc) is 2.77. The molecule has 1 aliphatic carbocycles. The molecule has 0 radical (unpaired) electrons. The van der Waals surface area contributed by atoms with Gasteiger partial charge in [-0.15, -0.1) is 0 Å². The molecule has 4 rings (SSSR count). The molecule has 108 valence electrons. The summed E-state index contributed by atoms with van der Waals surface area (Å²) in [6.07, 6.45) is 0. The van der Waals surface area contributed by atoms with Gasteiger partial charge in [0, 0.05) is 8.99 Å². The van der Waals surface area contributed by atoms with Crippen molar-refractivity contribution in [1.29, 1.82) is 0 Å². The van der Waals surface area contributed by atoms with Crippen molar-refractivity contribution in [2.45, 2.75) is 19.3 Å². The molecule has 0 saturated heterocycles. The summed E-state index contributed by atoms with van der Waals surface area (Å²) in [5.41, 5.74) is 8.34. The van der Waals surface area contributed by atoms with Crippen LogP contribution in [0.2, 0.25) is 0 Å². The molecule has 0 bridgehead atoms. The fourth-order valence-corrected chi connectivity index (χ4v) is 4.80. The van der Waals surface area contributed by atoms with E-state index in [1.165, 1.54) is 37.0 Å². The normalized spacial score (nSPS) is 14.5. The van der Waals surface area contributed by atoms with E-state index in [0.717, 1.165) is 0 Å². The number of benzene rings is 3. The summed E-state index contributed by atoms with van der Waals surface area (Å²) in [4.78, 5) is 0. The quantitative estimate of drug-likeness (QED) is 0.426. The van der Waals surface area contributed by atoms with E-state index in [1.807, 2.05) is 0 Å². The van der Waals surface area contributed by atoms with Crippen LogP contribution in [0.25, 0.3) is 22.3 Å². The van der Waals surface area contributed by atoms with Crippen LogP contribution in [-0.4, -0.2) is 0 Å². The highest BCUT2D eigenvalue weighted by molar-refractivity contribution is 14.1. The predicted molar refractivity (Wildman–Crippen MR) is 102 cm³/mol. The van der Waals surface area contributed by atoms with Gasteiger partial charge in [0.05, 0.1) is 0 Å². The fourth-order valence-electron chi connectivity index (χ4n) is 3.62. The lowest BCUT2D eigenvalue weighted by molar-refractivity contribution is 0.657. The Labute approximate surface area is 145 Å². The van der Waals surface area contributed by atoms with Crippen LogP contribution in [-0.2, 0) is 5.41 Å². The van der Waals surface area contributed by atoms with Crippen LogP contribution in [0, 0.1) is 3.57 Å². The Morgan fingerprint density at radius 3 is 2.27 bits per heavy atom. The molecule has 0 aromatic heterocycles. The molecule has 0 N–H and O–H groups in total. The Morgan fingerprint density at radius 1 is 0.727 bits per heavy atom. The van der Waals surface area contributed by atoms with Gasteiger partial charge in [-0.25, -0.2) is 0 Å². The number of fused-ring (bicyclic) bond motifs is 3. The van der Waals surface area contributed by atoms with Crippen LogP contribution >= 0.6 is 22.6 Å². The zero-order valence-corrected chi connectivity index (χ0v) is 14.9. The highest BCUT2D eigenvalue weighted by Crippen LogP contribution is 2.50. The second-order valence-electron chi connectivity index (χ2n) is 6.41. The zero-order valence-electron chi connectivity index (χ0n) is 12.7. The van der Waals surface area contributed by atoms with E-state index in [2.05, 4.69) is 103 Å². The van der Waals surface area contributed by atoms with Crippen molar-refractivity contribution in [1.82, 2.24) is 0 Å². The van der Waals surface area contributed by atoms with E-state index in [9.17, 15) is 0 Å². The van der Waals surface area contributed by atoms with Gasteiger partial charge < -0.3 is 0 Å². The van der Waals surface area contributed by atoms with E-state index in [1.54, 1.807) is 0 Å². The van der Waals surface area contributed by atoms with Crippen LogP contribution in [0.15, 0.2) is 66.7 Å². The van der Waals surface area contributed by atoms with E-state index >= 15 is 0 Å². The lowest BCUT2D eigenvalue weighted by atomic mass is 9.81. The van der Waals surface area contributed by atoms with Gasteiger partial charge in [0.1, 0.15) is 0 Å². The summed E-state index contributed by atoms with van der Waals surface area (Å²) in [7, 11) is 0. The van der Waals surface area contributed by atoms with Crippen molar-refractivity contribution in [3.05, 3.63) is 81.4 Å². The van der Waals surface area contributed by atoms with Crippen molar-refractivity contribution in [3.63, 3.8) is 0 Å². The molecule has 22 heavy (non-hydrogen) atoms. The first-order valence-electron chi connectivity index (χ1n) is 7.58. The minimum Gasteiger partial charge on any atom is -0.0622 e. The third kappa shape index (κ3) is 1.95. The largest absolute Gasteiger partial charge is 0.0622 e. The van der Waals surface area contributed by atoms with E-state index in [-0.39, 0.29) is 5.41 Å². The molecule has 0 heterocycles. The molecule has 3 aromatic rings. The standard InChI is InChI=1S/C21H17I/c1-21(2)18-13-15(14-7-4-3-5-8-14)11-12-16(18)17-9-6-10-19(22)20(17)21/h3-13H,1-2H3. The molecule has 0 amide bonds. The first-order valence-corrected chi connectivity index (χ1v) is 8.66. The van der Waals surface area contributed by atoms with Crippen LogP contribution in [0.1, 0.15) is 25.0 Å². The van der Waals surface area contributed by atoms with Crippen molar-refractivity contribution >= 4 is 22.6 Å².